The van der Waals surface area contributed by atoms with E-state index in [2.05, 4.69) is 36.9 Å². The molecule has 14 heteroatoms. The van der Waals surface area contributed by atoms with Crippen LogP contribution in [0.2, 0.25) is 0 Å². The summed E-state index contributed by atoms with van der Waals surface area (Å²) in [6, 6.07) is 1.88. The Kier molecular flexibility index (Phi) is 9.87. The Balaban J connectivity index is 1.26. The summed E-state index contributed by atoms with van der Waals surface area (Å²) < 4.78 is 61.2. The molecule has 1 saturated carbocycles. The number of carbonyl (C=O) groups excluding carboxylic acids is 1. The minimum atomic E-state index is -3.36. The van der Waals surface area contributed by atoms with Gasteiger partial charge >= 0.3 is 0 Å². The maximum absolute atomic E-state index is 14.4. The molecular formula is C26H37F2N7O4S. The molecule has 220 valence electrons. The number of hydrogen-bond donors (Lipinski definition) is 3. The smallest absolute Gasteiger partial charge is 0.224 e. The van der Waals surface area contributed by atoms with E-state index in [1.54, 1.807) is 0 Å². The van der Waals surface area contributed by atoms with Crippen LogP contribution in [0.5, 0.6) is 5.75 Å². The number of hydrogen-bond acceptors (Lipinski definition) is 10. The molecule has 1 aromatic heterocycles. The summed E-state index contributed by atoms with van der Waals surface area (Å²) in [7, 11) is -0.0277. The highest BCUT2D eigenvalue weighted by atomic mass is 32.2. The first-order valence-corrected chi connectivity index (χ1v) is 15.1. The van der Waals surface area contributed by atoms with Gasteiger partial charge in [0.2, 0.25) is 21.8 Å². The second-order valence-corrected chi connectivity index (χ2v) is 12.3. The van der Waals surface area contributed by atoms with E-state index in [1.165, 1.54) is 13.3 Å². The number of piperazine rings is 1. The number of rotatable bonds is 11. The predicted molar refractivity (Wildman–Crippen MR) is 148 cm³/mol. The zero-order valence-corrected chi connectivity index (χ0v) is 23.6. The molecule has 1 aromatic carbocycles. The van der Waals surface area contributed by atoms with E-state index in [0.29, 0.717) is 32.1 Å². The lowest BCUT2D eigenvalue weighted by Gasteiger charge is -2.32. The number of aromatic nitrogens is 2. The van der Waals surface area contributed by atoms with Crippen molar-refractivity contribution < 1.29 is 26.7 Å². The van der Waals surface area contributed by atoms with Crippen LogP contribution < -0.4 is 20.5 Å². The summed E-state index contributed by atoms with van der Waals surface area (Å²) in [5.41, 5.74) is 5.21. The Morgan fingerprint density at radius 2 is 1.80 bits per heavy atom. The highest BCUT2D eigenvalue weighted by Gasteiger charge is 2.27. The molecule has 1 aliphatic carbocycles. The Hall–Kier alpha value is -2.94. The first kappa shape index (κ1) is 30.0. The van der Waals surface area contributed by atoms with Gasteiger partial charge in [0.1, 0.15) is 17.1 Å². The molecule has 2 aromatic rings. The first-order valence-electron chi connectivity index (χ1n) is 13.4. The fourth-order valence-electron chi connectivity index (χ4n) is 5.09. The van der Waals surface area contributed by atoms with Crippen molar-refractivity contribution in [3.8, 4) is 5.75 Å². The van der Waals surface area contributed by atoms with E-state index >= 15 is 0 Å². The summed E-state index contributed by atoms with van der Waals surface area (Å²) in [6.07, 6.45) is 4.44. The van der Waals surface area contributed by atoms with Gasteiger partial charge in [-0.25, -0.2) is 26.9 Å². The molecule has 4 N–H and O–H groups in total. The molecule has 0 atom stereocenters. The third kappa shape index (κ3) is 7.62. The van der Waals surface area contributed by atoms with Crippen LogP contribution in [0.15, 0.2) is 18.3 Å². The molecule has 0 amide bonds. The normalized spacial score (nSPS) is 20.8. The van der Waals surface area contributed by atoms with Crippen molar-refractivity contribution in [1.29, 1.82) is 0 Å². The number of halogens is 2. The summed E-state index contributed by atoms with van der Waals surface area (Å²) >= 11 is 0. The van der Waals surface area contributed by atoms with E-state index < -0.39 is 33.0 Å². The van der Waals surface area contributed by atoms with Crippen LogP contribution in [0.1, 0.15) is 48.0 Å². The fraction of sp³-hybridized carbons (Fsp3) is 0.577. The van der Waals surface area contributed by atoms with Gasteiger partial charge in [0.05, 0.1) is 18.4 Å². The van der Waals surface area contributed by atoms with E-state index in [9.17, 15) is 22.0 Å². The molecule has 2 fully saturated rings. The van der Waals surface area contributed by atoms with Crippen LogP contribution in [0.25, 0.3) is 0 Å². The number of nitrogens with two attached hydrogens (primary N) is 1. The third-order valence-electron chi connectivity index (χ3n) is 7.46. The fourth-order valence-corrected chi connectivity index (χ4v) is 6.46. The van der Waals surface area contributed by atoms with Gasteiger partial charge in [-0.05, 0) is 57.8 Å². The molecule has 11 nitrogen and oxygen atoms in total. The van der Waals surface area contributed by atoms with E-state index in [0.717, 1.165) is 44.9 Å². The van der Waals surface area contributed by atoms with Crippen molar-refractivity contribution in [3.63, 3.8) is 0 Å². The number of likely N-dealkylation sites (N-methyl/N-ethyl adjacent to an activating group) is 1. The summed E-state index contributed by atoms with van der Waals surface area (Å²) in [5.74, 6) is -3.44. The number of sulfonamides is 1. The predicted octanol–water partition coefficient (Wildman–Crippen LogP) is 1.86. The van der Waals surface area contributed by atoms with Crippen molar-refractivity contribution in [2.24, 2.45) is 0 Å². The lowest BCUT2D eigenvalue weighted by Crippen LogP contribution is -2.45. The number of ether oxygens (including phenoxy) is 1. The number of nitrogens with one attached hydrogen (secondary N) is 2. The molecule has 2 heterocycles. The maximum Gasteiger partial charge on any atom is 0.224 e. The summed E-state index contributed by atoms with van der Waals surface area (Å²) in [6.45, 7) is 4.73. The lowest BCUT2D eigenvalue weighted by atomic mass is 9.92. The second-order valence-electron chi connectivity index (χ2n) is 10.4. The average molecular weight is 582 g/mol. The van der Waals surface area contributed by atoms with Gasteiger partial charge in [-0.2, -0.15) is 4.98 Å². The first-order chi connectivity index (χ1) is 19.1. The maximum atomic E-state index is 14.4. The van der Waals surface area contributed by atoms with Gasteiger partial charge in [-0.3, -0.25) is 4.79 Å². The molecule has 0 spiro atoms. The molecule has 0 bridgehead atoms. The Bertz CT molecular complexity index is 1300. The monoisotopic (exact) mass is 581 g/mol. The van der Waals surface area contributed by atoms with Gasteiger partial charge in [0, 0.05) is 44.5 Å². The molecule has 0 unspecified atom stereocenters. The topological polar surface area (TPSA) is 143 Å². The standard InChI is InChI=1S/C26H37F2N7O4S/c1-34-11-13-35(14-12-34)10-3-15-40(37,38)33-18-6-4-17(5-7-18)31-26-30-16-19(25(29)32-26)24(36)22-21(39-2)9-8-20(27)23(22)28/h8-9,16-18,33H,3-7,10-15H2,1-2H3,(H3,29,30,31,32). The molecule has 1 saturated heterocycles. The van der Waals surface area contributed by atoms with Crippen LogP contribution in [-0.4, -0.2) is 98.7 Å². The largest absolute Gasteiger partial charge is 0.496 e. The summed E-state index contributed by atoms with van der Waals surface area (Å²) in [4.78, 5) is 25.8. The van der Waals surface area contributed by atoms with Gasteiger partial charge in [0.15, 0.2) is 11.6 Å². The Morgan fingerprint density at radius 3 is 2.45 bits per heavy atom. The second kappa shape index (κ2) is 13.1. The zero-order chi connectivity index (χ0) is 28.9. The highest BCUT2D eigenvalue weighted by molar-refractivity contribution is 7.89. The van der Waals surface area contributed by atoms with Crippen molar-refractivity contribution in [3.05, 3.63) is 41.1 Å². The van der Waals surface area contributed by atoms with Gasteiger partial charge in [-0.1, -0.05) is 0 Å². The number of nitrogens with zero attached hydrogens (tertiary/aromatic N) is 4. The number of nitrogen functional groups attached to an aromatic ring is 1. The average Bonchev–Trinajstić information content (AvgIpc) is 2.92. The summed E-state index contributed by atoms with van der Waals surface area (Å²) in [5, 5.41) is 3.17. The van der Waals surface area contributed by atoms with Crippen LogP contribution >= 0.6 is 0 Å². The number of carbonyl (C=O) groups is 1. The van der Waals surface area contributed by atoms with Crippen LogP contribution in [0.3, 0.4) is 0 Å². The number of ketones is 1. The lowest BCUT2D eigenvalue weighted by molar-refractivity contribution is 0.103. The molecule has 2 aliphatic rings. The number of benzene rings is 1. The van der Waals surface area contributed by atoms with Gasteiger partial charge in [-0.15, -0.1) is 0 Å². The Morgan fingerprint density at radius 1 is 1.12 bits per heavy atom. The van der Waals surface area contributed by atoms with E-state index in [1.807, 2.05) is 0 Å². The molecule has 1 aliphatic heterocycles. The van der Waals surface area contributed by atoms with Crippen molar-refractivity contribution in [2.75, 3.05) is 63.7 Å². The quantitative estimate of drug-likeness (QED) is 0.337. The van der Waals surface area contributed by atoms with E-state index in [-0.39, 0.29) is 40.9 Å². The minimum Gasteiger partial charge on any atom is -0.496 e. The van der Waals surface area contributed by atoms with Crippen molar-refractivity contribution >= 4 is 27.6 Å². The van der Waals surface area contributed by atoms with E-state index in [4.69, 9.17) is 10.5 Å². The molecular weight excluding hydrogens is 544 g/mol. The number of anilines is 2. The van der Waals surface area contributed by atoms with Gasteiger partial charge < -0.3 is 25.6 Å². The van der Waals surface area contributed by atoms with Crippen LogP contribution in [-0.2, 0) is 10.0 Å². The zero-order valence-electron chi connectivity index (χ0n) is 22.8. The molecule has 0 radical (unpaired) electrons. The van der Waals surface area contributed by atoms with Crippen molar-refractivity contribution in [1.82, 2.24) is 24.5 Å². The molecule has 4 rings (SSSR count). The molecule has 40 heavy (non-hydrogen) atoms. The Labute approximate surface area is 233 Å². The highest BCUT2D eigenvalue weighted by Crippen LogP contribution is 2.28. The minimum absolute atomic E-state index is 0.0142. The number of methoxy groups -OCH3 is 1. The van der Waals surface area contributed by atoms with Crippen molar-refractivity contribution in [2.45, 2.75) is 44.2 Å². The van der Waals surface area contributed by atoms with Crippen LogP contribution in [0.4, 0.5) is 20.5 Å². The third-order valence-corrected chi connectivity index (χ3v) is 8.97. The SMILES string of the molecule is COc1ccc(F)c(F)c1C(=O)c1cnc(NC2CCC(NS(=O)(=O)CCCN3CCN(C)CC3)CC2)nc1N. The van der Waals surface area contributed by atoms with Gasteiger partial charge in [0.25, 0.3) is 0 Å². The van der Waals surface area contributed by atoms with Crippen LogP contribution in [0, 0.1) is 11.6 Å².